The molecule has 0 aromatic carbocycles. The molecule has 2 saturated heterocycles. The summed E-state index contributed by atoms with van der Waals surface area (Å²) in [6.07, 6.45) is 6.01. The second-order valence-electron chi connectivity index (χ2n) is 6.88. The van der Waals surface area contributed by atoms with Crippen molar-refractivity contribution < 1.29 is 9.47 Å². The monoisotopic (exact) mass is 334 g/mol. The van der Waals surface area contributed by atoms with Crippen LogP contribution in [-0.4, -0.2) is 67.7 Å². The highest BCUT2D eigenvalue weighted by molar-refractivity contribution is 5.32. The Kier molecular flexibility index (Phi) is 6.81. The molecule has 2 fully saturated rings. The van der Waals surface area contributed by atoms with Gasteiger partial charge in [0.15, 0.2) is 0 Å². The molecule has 0 amide bonds. The third kappa shape index (κ3) is 5.13. The van der Waals surface area contributed by atoms with Crippen LogP contribution in [0.25, 0.3) is 0 Å². The number of ether oxygens (including phenoxy) is 2. The van der Waals surface area contributed by atoms with E-state index in [0.717, 1.165) is 43.7 Å². The maximum atomic E-state index is 5.50. The van der Waals surface area contributed by atoms with Crippen molar-refractivity contribution in [3.05, 3.63) is 17.8 Å². The summed E-state index contributed by atoms with van der Waals surface area (Å²) in [6, 6.07) is 4.85. The maximum Gasteiger partial charge on any atom is 0.148 e. The number of nitrogens with zero attached hydrogens (tertiary/aromatic N) is 3. The molecule has 3 rings (SSSR count). The normalized spacial score (nSPS) is 23.3. The number of nitrogens with one attached hydrogen (secondary N) is 1. The lowest BCUT2D eigenvalue weighted by Crippen LogP contribution is -2.45. The van der Waals surface area contributed by atoms with Crippen molar-refractivity contribution in [2.75, 3.05) is 51.9 Å². The van der Waals surface area contributed by atoms with E-state index in [1.165, 1.54) is 38.8 Å². The van der Waals surface area contributed by atoms with Crippen LogP contribution in [0.3, 0.4) is 0 Å². The number of piperidine rings is 1. The van der Waals surface area contributed by atoms with Gasteiger partial charge in [-0.2, -0.15) is 5.10 Å². The van der Waals surface area contributed by atoms with E-state index >= 15 is 0 Å². The molecule has 1 atom stereocenters. The Bertz CT molecular complexity index is 476. The van der Waals surface area contributed by atoms with Crippen molar-refractivity contribution in [2.24, 2.45) is 5.92 Å². The molecule has 6 heteroatoms. The zero-order valence-electron chi connectivity index (χ0n) is 14.7. The first kappa shape index (κ1) is 17.6. The third-order valence-electron chi connectivity index (χ3n) is 5.09. The van der Waals surface area contributed by atoms with Gasteiger partial charge in [-0.05, 0) is 56.7 Å². The molecule has 2 aliphatic rings. The number of hydrogen-bond acceptors (Lipinski definition) is 6. The molecule has 3 heterocycles. The van der Waals surface area contributed by atoms with Crippen LogP contribution in [0.15, 0.2) is 12.1 Å². The van der Waals surface area contributed by atoms with Crippen LogP contribution < -0.4 is 5.32 Å². The number of methoxy groups -OCH3 is 1. The molecule has 2 aliphatic heterocycles. The molecule has 0 radical (unpaired) electrons. The molecule has 24 heavy (non-hydrogen) atoms. The minimum absolute atomic E-state index is 0.674. The Balaban J connectivity index is 1.47. The van der Waals surface area contributed by atoms with E-state index in [4.69, 9.17) is 9.47 Å². The Labute approximate surface area is 144 Å². The molecule has 1 aromatic rings. The van der Waals surface area contributed by atoms with E-state index in [1.807, 2.05) is 6.07 Å². The van der Waals surface area contributed by atoms with Gasteiger partial charge in [-0.1, -0.05) is 0 Å². The molecular weight excluding hydrogens is 304 g/mol. The molecule has 0 aliphatic carbocycles. The first-order valence-corrected chi connectivity index (χ1v) is 9.22. The largest absolute Gasteiger partial charge is 0.383 e. The Morgan fingerprint density at radius 3 is 2.88 bits per heavy atom. The van der Waals surface area contributed by atoms with Gasteiger partial charge in [-0.25, -0.2) is 0 Å². The molecule has 0 bridgehead atoms. The summed E-state index contributed by atoms with van der Waals surface area (Å²) in [4.78, 5) is 2.69. The lowest BCUT2D eigenvalue weighted by atomic mass is 9.91. The standard InChI is InChI=1S/C18H30N4O2/c1-23-12-8-19-18-5-4-16(20-21-18)13-15-3-2-9-22(14-15)17-6-10-24-11-7-17/h4-5,15,17H,2-3,6-14H2,1H3,(H,19,21)/t15-/m0/s1. The van der Waals surface area contributed by atoms with Crippen molar-refractivity contribution in [3.63, 3.8) is 0 Å². The van der Waals surface area contributed by atoms with Gasteiger partial charge in [0.2, 0.25) is 0 Å². The van der Waals surface area contributed by atoms with Gasteiger partial charge in [0, 0.05) is 39.5 Å². The first-order chi connectivity index (χ1) is 11.8. The minimum Gasteiger partial charge on any atom is -0.383 e. The topological polar surface area (TPSA) is 59.5 Å². The van der Waals surface area contributed by atoms with Crippen LogP contribution in [-0.2, 0) is 15.9 Å². The maximum absolute atomic E-state index is 5.50. The van der Waals surface area contributed by atoms with Gasteiger partial charge in [-0.3, -0.25) is 4.90 Å². The quantitative estimate of drug-likeness (QED) is 0.769. The van der Waals surface area contributed by atoms with Crippen LogP contribution in [0.1, 0.15) is 31.4 Å². The van der Waals surface area contributed by atoms with E-state index in [0.29, 0.717) is 12.5 Å². The molecule has 1 aromatic heterocycles. The summed E-state index contributed by atoms with van der Waals surface area (Å²) in [5.74, 6) is 1.52. The van der Waals surface area contributed by atoms with Crippen LogP contribution >= 0.6 is 0 Å². The van der Waals surface area contributed by atoms with Gasteiger partial charge in [0.05, 0.1) is 12.3 Å². The third-order valence-corrected chi connectivity index (χ3v) is 5.09. The minimum atomic E-state index is 0.674. The number of rotatable bonds is 7. The highest BCUT2D eigenvalue weighted by Crippen LogP contribution is 2.25. The fraction of sp³-hybridized carbons (Fsp3) is 0.778. The van der Waals surface area contributed by atoms with Crippen molar-refractivity contribution in [2.45, 2.75) is 38.1 Å². The Morgan fingerprint density at radius 1 is 1.25 bits per heavy atom. The summed E-state index contributed by atoms with van der Waals surface area (Å²) < 4.78 is 10.5. The molecule has 0 spiro atoms. The number of aromatic nitrogens is 2. The van der Waals surface area contributed by atoms with Gasteiger partial charge < -0.3 is 14.8 Å². The Morgan fingerprint density at radius 2 is 2.12 bits per heavy atom. The number of anilines is 1. The average molecular weight is 334 g/mol. The molecule has 0 saturated carbocycles. The number of likely N-dealkylation sites (tertiary alicyclic amines) is 1. The van der Waals surface area contributed by atoms with Crippen LogP contribution in [0.5, 0.6) is 0 Å². The molecule has 0 unspecified atom stereocenters. The van der Waals surface area contributed by atoms with E-state index in [9.17, 15) is 0 Å². The highest BCUT2D eigenvalue weighted by Gasteiger charge is 2.27. The number of hydrogen-bond donors (Lipinski definition) is 1. The van der Waals surface area contributed by atoms with Crippen LogP contribution in [0, 0.1) is 5.92 Å². The SMILES string of the molecule is COCCNc1ccc(C[C@@H]2CCCN(C3CCOCC3)C2)nn1. The van der Waals surface area contributed by atoms with E-state index < -0.39 is 0 Å². The Hall–Kier alpha value is -1.24. The van der Waals surface area contributed by atoms with E-state index in [1.54, 1.807) is 7.11 Å². The average Bonchev–Trinajstić information content (AvgIpc) is 2.64. The van der Waals surface area contributed by atoms with Gasteiger partial charge in [0.25, 0.3) is 0 Å². The summed E-state index contributed by atoms with van der Waals surface area (Å²) >= 11 is 0. The molecule has 134 valence electrons. The highest BCUT2D eigenvalue weighted by atomic mass is 16.5. The zero-order valence-corrected chi connectivity index (χ0v) is 14.7. The smallest absolute Gasteiger partial charge is 0.148 e. The van der Waals surface area contributed by atoms with E-state index in [-0.39, 0.29) is 0 Å². The molecule has 6 nitrogen and oxygen atoms in total. The zero-order chi connectivity index (χ0) is 16.6. The summed E-state index contributed by atoms with van der Waals surface area (Å²) in [5, 5.41) is 11.9. The molecule has 1 N–H and O–H groups in total. The van der Waals surface area contributed by atoms with Gasteiger partial charge >= 0.3 is 0 Å². The fourth-order valence-electron chi connectivity index (χ4n) is 3.79. The lowest BCUT2D eigenvalue weighted by Gasteiger charge is -2.39. The summed E-state index contributed by atoms with van der Waals surface area (Å²) in [7, 11) is 1.70. The predicted molar refractivity (Wildman–Crippen MR) is 94.2 cm³/mol. The summed E-state index contributed by atoms with van der Waals surface area (Å²) in [6.45, 7) is 5.72. The fourth-order valence-corrected chi connectivity index (χ4v) is 3.79. The second-order valence-corrected chi connectivity index (χ2v) is 6.88. The van der Waals surface area contributed by atoms with E-state index in [2.05, 4.69) is 26.5 Å². The first-order valence-electron chi connectivity index (χ1n) is 9.22. The van der Waals surface area contributed by atoms with Crippen LogP contribution in [0.2, 0.25) is 0 Å². The van der Waals surface area contributed by atoms with Crippen molar-refractivity contribution in [3.8, 4) is 0 Å². The van der Waals surface area contributed by atoms with Crippen LogP contribution in [0.4, 0.5) is 5.82 Å². The van der Waals surface area contributed by atoms with Gasteiger partial charge in [0.1, 0.15) is 5.82 Å². The summed E-state index contributed by atoms with van der Waals surface area (Å²) in [5.41, 5.74) is 1.10. The van der Waals surface area contributed by atoms with Crippen molar-refractivity contribution in [1.29, 1.82) is 0 Å². The molecular formula is C18H30N4O2. The predicted octanol–water partition coefficient (Wildman–Crippen LogP) is 1.97. The second kappa shape index (κ2) is 9.30. The van der Waals surface area contributed by atoms with Gasteiger partial charge in [-0.15, -0.1) is 5.10 Å². The van der Waals surface area contributed by atoms with Crippen molar-refractivity contribution >= 4 is 5.82 Å². The lowest BCUT2D eigenvalue weighted by molar-refractivity contribution is 0.0177. The van der Waals surface area contributed by atoms with Crippen molar-refractivity contribution in [1.82, 2.24) is 15.1 Å².